The highest BCUT2D eigenvalue weighted by Crippen LogP contribution is 2.17. The molecule has 0 saturated heterocycles. The number of rotatable bonds is 6. The average molecular weight is 296 g/mol. The molecule has 0 aromatic carbocycles. The molecular formula is C9H16N2O3S3. The number of thioether (sulfide) groups is 1. The third-order valence-electron chi connectivity index (χ3n) is 2.21. The number of nitrogens with one attached hydrogen (secondary N) is 2. The number of aromatic nitrogens is 1. The Morgan fingerprint density at radius 3 is 2.59 bits per heavy atom. The van der Waals surface area contributed by atoms with Crippen molar-refractivity contribution >= 4 is 33.1 Å². The monoisotopic (exact) mass is 296 g/mol. The Morgan fingerprint density at radius 1 is 1.53 bits per heavy atom. The molecule has 0 aliphatic carbocycles. The lowest BCUT2D eigenvalue weighted by atomic mass is 10.3. The van der Waals surface area contributed by atoms with Crippen LogP contribution >= 0.6 is 23.1 Å². The van der Waals surface area contributed by atoms with E-state index in [0.717, 1.165) is 17.8 Å². The van der Waals surface area contributed by atoms with Crippen LogP contribution in [0.4, 0.5) is 0 Å². The van der Waals surface area contributed by atoms with Gasteiger partial charge < -0.3 is 4.98 Å². The summed E-state index contributed by atoms with van der Waals surface area (Å²) < 4.78 is 26.8. The Labute approximate surface area is 109 Å². The number of H-pyrrole nitrogens is 1. The molecule has 8 heteroatoms. The first-order chi connectivity index (χ1) is 7.90. The fraction of sp³-hybridized carbons (Fsp3) is 0.667. The van der Waals surface area contributed by atoms with Gasteiger partial charge in [0.1, 0.15) is 0 Å². The van der Waals surface area contributed by atoms with Gasteiger partial charge in [-0.25, -0.2) is 13.1 Å². The van der Waals surface area contributed by atoms with Crippen LogP contribution in [0.1, 0.15) is 19.0 Å². The summed E-state index contributed by atoms with van der Waals surface area (Å²) in [4.78, 5) is 13.2. The van der Waals surface area contributed by atoms with E-state index in [-0.39, 0.29) is 15.1 Å². The minimum absolute atomic E-state index is 0.0852. The van der Waals surface area contributed by atoms with E-state index in [4.69, 9.17) is 0 Å². The molecule has 0 radical (unpaired) electrons. The molecule has 5 nitrogen and oxygen atoms in total. The summed E-state index contributed by atoms with van der Waals surface area (Å²) in [5, 5.41) is 0. The molecule has 17 heavy (non-hydrogen) atoms. The number of aryl methyl sites for hydroxylation is 1. The zero-order valence-corrected chi connectivity index (χ0v) is 12.4. The Hall–Kier alpha value is -0.310. The standard InChI is InChI=1S/C9H16N2O3S3/c1-4-7(5-15-3)11-17(13,14)8-6(2)10-9(12)16-8/h7,11H,4-5H2,1-3H3,(H,10,12). The van der Waals surface area contributed by atoms with Gasteiger partial charge in [-0.05, 0) is 19.6 Å². The molecule has 1 rings (SSSR count). The lowest BCUT2D eigenvalue weighted by molar-refractivity contribution is 0.559. The van der Waals surface area contributed by atoms with Gasteiger partial charge in [0.15, 0.2) is 4.21 Å². The zero-order chi connectivity index (χ0) is 13.1. The van der Waals surface area contributed by atoms with E-state index in [1.54, 1.807) is 18.7 Å². The van der Waals surface area contributed by atoms with E-state index in [1.165, 1.54) is 0 Å². The normalized spacial score (nSPS) is 13.8. The third kappa shape index (κ3) is 3.84. The van der Waals surface area contributed by atoms with Gasteiger partial charge in [0.25, 0.3) is 10.0 Å². The Morgan fingerprint density at radius 2 is 2.18 bits per heavy atom. The molecule has 0 saturated carbocycles. The number of aromatic amines is 1. The van der Waals surface area contributed by atoms with Gasteiger partial charge in [0.2, 0.25) is 0 Å². The number of sulfonamides is 1. The van der Waals surface area contributed by atoms with Crippen molar-refractivity contribution in [1.82, 2.24) is 9.71 Å². The highest BCUT2D eigenvalue weighted by atomic mass is 32.2. The number of thiazole rings is 1. The van der Waals surface area contributed by atoms with Crippen molar-refractivity contribution < 1.29 is 8.42 Å². The van der Waals surface area contributed by atoms with Gasteiger partial charge in [-0.15, -0.1) is 0 Å². The van der Waals surface area contributed by atoms with E-state index >= 15 is 0 Å². The molecule has 1 aromatic heterocycles. The molecule has 2 N–H and O–H groups in total. The molecule has 1 unspecified atom stereocenters. The summed E-state index contributed by atoms with van der Waals surface area (Å²) in [7, 11) is -3.58. The van der Waals surface area contributed by atoms with Crippen molar-refractivity contribution in [3.8, 4) is 0 Å². The van der Waals surface area contributed by atoms with Gasteiger partial charge in [-0.2, -0.15) is 11.8 Å². The smallest absolute Gasteiger partial charge is 0.305 e. The van der Waals surface area contributed by atoms with E-state index < -0.39 is 10.0 Å². The number of hydrogen-bond donors (Lipinski definition) is 2. The van der Waals surface area contributed by atoms with Crippen molar-refractivity contribution in [2.45, 2.75) is 30.5 Å². The average Bonchev–Trinajstić information content (AvgIpc) is 2.57. The molecule has 0 fully saturated rings. The fourth-order valence-corrected chi connectivity index (χ4v) is 4.82. The van der Waals surface area contributed by atoms with Crippen LogP contribution in [0.15, 0.2) is 9.00 Å². The molecular weight excluding hydrogens is 280 g/mol. The lowest BCUT2D eigenvalue weighted by Gasteiger charge is -2.15. The molecule has 0 aliphatic rings. The predicted molar refractivity (Wildman–Crippen MR) is 72.5 cm³/mol. The maximum absolute atomic E-state index is 12.0. The van der Waals surface area contributed by atoms with E-state index in [9.17, 15) is 13.2 Å². The van der Waals surface area contributed by atoms with Gasteiger partial charge in [0, 0.05) is 17.5 Å². The molecule has 1 heterocycles. The maximum Gasteiger partial charge on any atom is 0.305 e. The van der Waals surface area contributed by atoms with Crippen molar-refractivity contribution in [1.29, 1.82) is 0 Å². The van der Waals surface area contributed by atoms with Crippen LogP contribution in [0.2, 0.25) is 0 Å². The Bertz CT molecular complexity index is 518. The van der Waals surface area contributed by atoms with Crippen LogP contribution in [0.25, 0.3) is 0 Å². The first-order valence-corrected chi connectivity index (χ1v) is 8.81. The van der Waals surface area contributed by atoms with Gasteiger partial charge >= 0.3 is 4.87 Å². The first-order valence-electron chi connectivity index (χ1n) is 5.11. The maximum atomic E-state index is 12.0. The van der Waals surface area contributed by atoms with Crippen molar-refractivity contribution in [3.05, 3.63) is 15.4 Å². The zero-order valence-electron chi connectivity index (χ0n) is 9.94. The van der Waals surface area contributed by atoms with Crippen LogP contribution in [0, 0.1) is 6.92 Å². The number of hydrogen-bond acceptors (Lipinski definition) is 5. The summed E-state index contributed by atoms with van der Waals surface area (Å²) in [6.45, 7) is 3.51. The fourth-order valence-electron chi connectivity index (χ4n) is 1.36. The van der Waals surface area contributed by atoms with Crippen molar-refractivity contribution in [2.75, 3.05) is 12.0 Å². The Balaban J connectivity index is 2.96. The summed E-state index contributed by atoms with van der Waals surface area (Å²) in [6.07, 6.45) is 2.65. The highest BCUT2D eigenvalue weighted by Gasteiger charge is 2.23. The lowest BCUT2D eigenvalue weighted by Crippen LogP contribution is -2.36. The summed E-state index contributed by atoms with van der Waals surface area (Å²) >= 11 is 2.31. The second-order valence-electron chi connectivity index (χ2n) is 3.61. The SMILES string of the molecule is CCC(CSC)NS(=O)(=O)c1sc(=O)[nH]c1C. The van der Waals surface area contributed by atoms with Gasteiger partial charge in [-0.3, -0.25) is 4.79 Å². The minimum atomic E-state index is -3.58. The third-order valence-corrected chi connectivity index (χ3v) is 6.07. The minimum Gasteiger partial charge on any atom is -0.315 e. The van der Waals surface area contributed by atoms with Crippen LogP contribution in [0.3, 0.4) is 0 Å². The topological polar surface area (TPSA) is 79.0 Å². The molecule has 0 bridgehead atoms. The van der Waals surface area contributed by atoms with E-state index in [0.29, 0.717) is 11.4 Å². The molecule has 0 spiro atoms. The summed E-state index contributed by atoms with van der Waals surface area (Å²) in [6, 6.07) is -0.105. The molecule has 0 aliphatic heterocycles. The predicted octanol–water partition coefficient (Wildman–Crippen LogP) is 1.16. The summed E-state index contributed by atoms with van der Waals surface area (Å²) in [5.41, 5.74) is 0.395. The van der Waals surface area contributed by atoms with Crippen molar-refractivity contribution in [3.63, 3.8) is 0 Å². The van der Waals surface area contributed by atoms with E-state index in [2.05, 4.69) is 9.71 Å². The van der Waals surface area contributed by atoms with Crippen LogP contribution in [-0.4, -0.2) is 31.5 Å². The second kappa shape index (κ2) is 6.03. The second-order valence-corrected chi connectivity index (χ2v) is 7.41. The largest absolute Gasteiger partial charge is 0.315 e. The first kappa shape index (κ1) is 14.7. The summed E-state index contributed by atoms with van der Waals surface area (Å²) in [5.74, 6) is 0.716. The highest BCUT2D eigenvalue weighted by molar-refractivity contribution is 7.98. The molecule has 1 aromatic rings. The van der Waals surface area contributed by atoms with Crippen LogP contribution in [-0.2, 0) is 10.0 Å². The van der Waals surface area contributed by atoms with Gasteiger partial charge in [-0.1, -0.05) is 18.3 Å². The molecule has 1 atom stereocenters. The molecule has 0 amide bonds. The quantitative estimate of drug-likeness (QED) is 0.826. The van der Waals surface area contributed by atoms with E-state index in [1.807, 2.05) is 13.2 Å². The molecule has 98 valence electrons. The van der Waals surface area contributed by atoms with Gasteiger partial charge in [0.05, 0.1) is 0 Å². The van der Waals surface area contributed by atoms with Crippen LogP contribution < -0.4 is 9.60 Å². The Kier molecular flexibility index (Phi) is 5.23. The van der Waals surface area contributed by atoms with Crippen LogP contribution in [0.5, 0.6) is 0 Å². The van der Waals surface area contributed by atoms with Crippen molar-refractivity contribution in [2.24, 2.45) is 0 Å².